The first kappa shape index (κ1) is 12.6. The van der Waals surface area contributed by atoms with Crippen LogP contribution >= 0.6 is 11.3 Å². The first-order chi connectivity index (χ1) is 8.58. The van der Waals surface area contributed by atoms with Crippen molar-refractivity contribution < 1.29 is 0 Å². The van der Waals surface area contributed by atoms with E-state index in [0.717, 1.165) is 12.6 Å². The lowest BCUT2D eigenvalue weighted by Gasteiger charge is -2.48. The smallest absolute Gasteiger partial charge is 0.0798 e. The molecule has 2 aliphatic rings. The Morgan fingerprint density at radius 3 is 2.89 bits per heavy atom. The van der Waals surface area contributed by atoms with Crippen molar-refractivity contribution in [3.8, 4) is 0 Å². The van der Waals surface area contributed by atoms with Crippen LogP contribution in [0.1, 0.15) is 29.8 Å². The van der Waals surface area contributed by atoms with Crippen molar-refractivity contribution in [2.75, 3.05) is 27.2 Å². The molecule has 1 aromatic rings. The molecular weight excluding hydrogens is 242 g/mol. The summed E-state index contributed by atoms with van der Waals surface area (Å²) in [4.78, 5) is 10.8. The van der Waals surface area contributed by atoms with Gasteiger partial charge in [0.05, 0.1) is 11.2 Å². The number of rotatable bonds is 3. The van der Waals surface area contributed by atoms with Crippen molar-refractivity contribution in [2.45, 2.75) is 38.8 Å². The van der Waals surface area contributed by atoms with Crippen LogP contribution < -0.4 is 0 Å². The molecule has 1 spiro atoms. The van der Waals surface area contributed by atoms with E-state index in [1.807, 2.05) is 5.51 Å². The predicted molar refractivity (Wildman–Crippen MR) is 75.9 cm³/mol. The van der Waals surface area contributed by atoms with E-state index in [4.69, 9.17) is 0 Å². The molecule has 18 heavy (non-hydrogen) atoms. The summed E-state index contributed by atoms with van der Waals surface area (Å²) in [6, 6.07) is 0.829. The van der Waals surface area contributed by atoms with Gasteiger partial charge in [0.15, 0.2) is 0 Å². The highest BCUT2D eigenvalue weighted by atomic mass is 32.1. The number of thiazole rings is 1. The summed E-state index contributed by atoms with van der Waals surface area (Å²) in [5, 5.41) is 0. The fourth-order valence-electron chi connectivity index (χ4n) is 3.48. The van der Waals surface area contributed by atoms with Crippen LogP contribution in [0.2, 0.25) is 0 Å². The lowest BCUT2D eigenvalue weighted by atomic mass is 9.64. The van der Waals surface area contributed by atoms with E-state index >= 15 is 0 Å². The van der Waals surface area contributed by atoms with Crippen molar-refractivity contribution in [1.82, 2.24) is 14.8 Å². The number of aromatic nitrogens is 1. The van der Waals surface area contributed by atoms with Gasteiger partial charge >= 0.3 is 0 Å². The zero-order chi connectivity index (χ0) is 12.8. The lowest BCUT2D eigenvalue weighted by molar-refractivity contribution is 0.0323. The molecule has 0 unspecified atom stereocenters. The molecule has 3 nitrogen and oxygen atoms in total. The molecule has 0 radical (unpaired) electrons. The van der Waals surface area contributed by atoms with Gasteiger partial charge in [0.25, 0.3) is 0 Å². The van der Waals surface area contributed by atoms with Gasteiger partial charge in [-0.25, -0.2) is 4.98 Å². The number of nitrogens with zero attached hydrogens (tertiary/aromatic N) is 3. The summed E-state index contributed by atoms with van der Waals surface area (Å²) in [6.07, 6.45) is 4.20. The minimum Gasteiger partial charge on any atom is -0.306 e. The van der Waals surface area contributed by atoms with Gasteiger partial charge in [-0.2, -0.15) is 0 Å². The van der Waals surface area contributed by atoms with E-state index in [-0.39, 0.29) is 0 Å². The van der Waals surface area contributed by atoms with E-state index in [9.17, 15) is 0 Å². The van der Waals surface area contributed by atoms with E-state index in [1.54, 1.807) is 11.3 Å². The van der Waals surface area contributed by atoms with Crippen LogP contribution in [0, 0.1) is 12.3 Å². The molecule has 1 aromatic heterocycles. The SMILES string of the molecule is Cc1ncsc1CN1CCC2(CC(N(C)C)C2)C1. The highest BCUT2D eigenvalue weighted by Crippen LogP contribution is 2.49. The summed E-state index contributed by atoms with van der Waals surface area (Å²) in [7, 11) is 4.43. The standard InChI is InChI=1S/C14H23N3S/c1-11-13(18-10-15-11)8-17-5-4-14(9-17)6-12(7-14)16(2)3/h10,12H,4-9H2,1-3H3. The molecule has 0 N–H and O–H groups in total. The van der Waals surface area contributed by atoms with Crippen molar-refractivity contribution in [3.05, 3.63) is 16.1 Å². The largest absolute Gasteiger partial charge is 0.306 e. The maximum absolute atomic E-state index is 4.35. The first-order valence-electron chi connectivity index (χ1n) is 6.86. The third-order valence-electron chi connectivity index (χ3n) is 4.80. The Kier molecular flexibility index (Phi) is 3.20. The second-order valence-corrected chi connectivity index (χ2v) is 7.29. The molecule has 1 aliphatic heterocycles. The minimum atomic E-state index is 0.646. The molecule has 2 heterocycles. The van der Waals surface area contributed by atoms with E-state index in [0.29, 0.717) is 5.41 Å². The number of hydrogen-bond donors (Lipinski definition) is 0. The quantitative estimate of drug-likeness (QED) is 0.836. The first-order valence-corrected chi connectivity index (χ1v) is 7.74. The fourth-order valence-corrected chi connectivity index (χ4v) is 4.30. The minimum absolute atomic E-state index is 0.646. The number of likely N-dealkylation sites (tertiary alicyclic amines) is 1. The van der Waals surface area contributed by atoms with Gasteiger partial charge in [0.2, 0.25) is 0 Å². The average Bonchev–Trinajstić information content (AvgIpc) is 2.85. The molecule has 0 aromatic carbocycles. The van der Waals surface area contributed by atoms with Crippen LogP contribution in [0.3, 0.4) is 0 Å². The maximum Gasteiger partial charge on any atom is 0.0798 e. The molecule has 100 valence electrons. The van der Waals surface area contributed by atoms with Gasteiger partial charge in [-0.3, -0.25) is 4.90 Å². The third-order valence-corrected chi connectivity index (χ3v) is 5.72. The summed E-state index contributed by atoms with van der Waals surface area (Å²) < 4.78 is 0. The molecule has 3 rings (SSSR count). The monoisotopic (exact) mass is 265 g/mol. The topological polar surface area (TPSA) is 19.4 Å². The number of aryl methyl sites for hydroxylation is 1. The van der Waals surface area contributed by atoms with E-state index < -0.39 is 0 Å². The average molecular weight is 265 g/mol. The molecule has 0 amide bonds. The molecule has 2 fully saturated rings. The van der Waals surface area contributed by atoms with Gasteiger partial charge in [-0.1, -0.05) is 0 Å². The van der Waals surface area contributed by atoms with Gasteiger partial charge in [-0.15, -0.1) is 11.3 Å². The second-order valence-electron chi connectivity index (χ2n) is 6.35. The van der Waals surface area contributed by atoms with E-state index in [1.165, 1.54) is 42.9 Å². The summed E-state index contributed by atoms with van der Waals surface area (Å²) in [5.41, 5.74) is 3.84. The molecular formula is C14H23N3S. The van der Waals surface area contributed by atoms with Crippen LogP contribution in [-0.2, 0) is 6.54 Å². The Labute approximate surface area is 114 Å². The molecule has 1 saturated heterocycles. The van der Waals surface area contributed by atoms with Crippen LogP contribution in [0.5, 0.6) is 0 Å². The van der Waals surface area contributed by atoms with Crippen molar-refractivity contribution >= 4 is 11.3 Å². The van der Waals surface area contributed by atoms with Gasteiger partial charge < -0.3 is 4.90 Å². The zero-order valence-corrected chi connectivity index (χ0v) is 12.5. The Balaban J connectivity index is 1.55. The molecule has 1 aliphatic carbocycles. The summed E-state index contributed by atoms with van der Waals surface area (Å²) in [5.74, 6) is 0. The van der Waals surface area contributed by atoms with Crippen LogP contribution in [0.15, 0.2) is 5.51 Å². The molecule has 1 saturated carbocycles. The normalized spacial score (nSPS) is 32.3. The highest BCUT2D eigenvalue weighted by molar-refractivity contribution is 7.09. The van der Waals surface area contributed by atoms with E-state index in [2.05, 4.69) is 35.8 Å². The van der Waals surface area contributed by atoms with Crippen LogP contribution in [0.4, 0.5) is 0 Å². The second kappa shape index (κ2) is 4.58. The zero-order valence-electron chi connectivity index (χ0n) is 11.6. The molecule has 4 heteroatoms. The Morgan fingerprint density at radius 1 is 1.50 bits per heavy atom. The summed E-state index contributed by atoms with van der Waals surface area (Å²) in [6.45, 7) is 5.82. The molecule has 0 bridgehead atoms. The van der Waals surface area contributed by atoms with Crippen molar-refractivity contribution in [3.63, 3.8) is 0 Å². The van der Waals surface area contributed by atoms with Gasteiger partial charge in [0.1, 0.15) is 0 Å². The van der Waals surface area contributed by atoms with Crippen molar-refractivity contribution in [2.24, 2.45) is 5.41 Å². The van der Waals surface area contributed by atoms with Gasteiger partial charge in [-0.05, 0) is 52.2 Å². The number of hydrogen-bond acceptors (Lipinski definition) is 4. The highest BCUT2D eigenvalue weighted by Gasteiger charge is 2.48. The lowest BCUT2D eigenvalue weighted by Crippen LogP contribution is -2.49. The Morgan fingerprint density at radius 2 is 2.28 bits per heavy atom. The summed E-state index contributed by atoms with van der Waals surface area (Å²) >= 11 is 1.81. The van der Waals surface area contributed by atoms with Crippen LogP contribution in [-0.4, -0.2) is 48.0 Å². The maximum atomic E-state index is 4.35. The predicted octanol–water partition coefficient (Wildman–Crippen LogP) is 2.37. The third kappa shape index (κ3) is 2.22. The van der Waals surface area contributed by atoms with Crippen LogP contribution in [0.25, 0.3) is 0 Å². The fraction of sp³-hybridized carbons (Fsp3) is 0.786. The van der Waals surface area contributed by atoms with Gasteiger partial charge in [0, 0.05) is 24.0 Å². The Hall–Kier alpha value is -0.450. The van der Waals surface area contributed by atoms with Crippen molar-refractivity contribution in [1.29, 1.82) is 0 Å². The molecule has 0 atom stereocenters. The Bertz CT molecular complexity index is 420.